The maximum atomic E-state index is 12.6. The zero-order valence-corrected chi connectivity index (χ0v) is 26.5. The SMILES string of the molecule is CCCCB1O[C@H]2C[C@@H](O1)[C@H](C/C=C\CCCC(=O)OC(C)C)[C@H]2CC[C@@H](OC(=O)CCC(=O)O)C(C)c1ccccc1. The third kappa shape index (κ3) is 11.8. The highest BCUT2D eigenvalue weighted by molar-refractivity contribution is 6.44. The highest BCUT2D eigenvalue weighted by atomic mass is 16.6. The first-order chi connectivity index (χ1) is 20.7. The molecule has 0 amide bonds. The Morgan fingerprint density at radius 3 is 2.33 bits per heavy atom. The molecule has 1 unspecified atom stereocenters. The summed E-state index contributed by atoms with van der Waals surface area (Å²) in [6.07, 6.45) is 12.0. The predicted octanol–water partition coefficient (Wildman–Crippen LogP) is 7.12. The Labute approximate surface area is 258 Å². The molecule has 1 saturated carbocycles. The van der Waals surface area contributed by atoms with Gasteiger partial charge in [-0.15, -0.1) is 0 Å². The molecule has 238 valence electrons. The third-order valence-corrected chi connectivity index (χ3v) is 8.60. The van der Waals surface area contributed by atoms with Crippen LogP contribution in [0.15, 0.2) is 42.5 Å². The molecule has 6 atom stereocenters. The van der Waals surface area contributed by atoms with Crippen LogP contribution in [-0.4, -0.2) is 54.5 Å². The second kappa shape index (κ2) is 18.2. The van der Waals surface area contributed by atoms with Crippen molar-refractivity contribution in [2.24, 2.45) is 11.8 Å². The van der Waals surface area contributed by atoms with Gasteiger partial charge in [0.25, 0.3) is 0 Å². The summed E-state index contributed by atoms with van der Waals surface area (Å²) in [5.74, 6) is -1.13. The molecule has 0 spiro atoms. The van der Waals surface area contributed by atoms with Crippen molar-refractivity contribution in [2.45, 2.75) is 135 Å². The van der Waals surface area contributed by atoms with Crippen molar-refractivity contribution >= 4 is 25.0 Å². The van der Waals surface area contributed by atoms with Crippen LogP contribution in [0, 0.1) is 11.8 Å². The number of carboxylic acid groups (broad SMARTS) is 1. The number of carbonyl (C=O) groups excluding carboxylic acids is 2. The van der Waals surface area contributed by atoms with Gasteiger partial charge >= 0.3 is 25.0 Å². The van der Waals surface area contributed by atoms with Gasteiger partial charge in [0.2, 0.25) is 0 Å². The molecule has 1 aromatic rings. The fourth-order valence-electron chi connectivity index (χ4n) is 6.33. The van der Waals surface area contributed by atoms with Gasteiger partial charge in [-0.1, -0.05) is 69.2 Å². The third-order valence-electron chi connectivity index (χ3n) is 8.60. The summed E-state index contributed by atoms with van der Waals surface area (Å²) in [4.78, 5) is 35.5. The van der Waals surface area contributed by atoms with E-state index in [2.05, 4.69) is 26.0 Å². The van der Waals surface area contributed by atoms with E-state index in [1.807, 2.05) is 44.2 Å². The molecule has 0 aromatic heterocycles. The number of carbonyl (C=O) groups is 3. The molecule has 1 aliphatic carbocycles. The van der Waals surface area contributed by atoms with Gasteiger partial charge in [-0.25, -0.2) is 0 Å². The Hall–Kier alpha value is -2.65. The van der Waals surface area contributed by atoms with Crippen molar-refractivity contribution in [3.8, 4) is 0 Å². The van der Waals surface area contributed by atoms with Crippen molar-refractivity contribution < 1.29 is 38.3 Å². The van der Waals surface area contributed by atoms with Gasteiger partial charge in [0.15, 0.2) is 0 Å². The van der Waals surface area contributed by atoms with Gasteiger partial charge < -0.3 is 23.9 Å². The monoisotopic (exact) mass is 598 g/mol. The van der Waals surface area contributed by atoms with Crippen LogP contribution in [0.1, 0.15) is 110 Å². The molecule has 0 radical (unpaired) electrons. The highest BCUT2D eigenvalue weighted by Gasteiger charge is 2.50. The second-order valence-electron chi connectivity index (χ2n) is 12.3. The Morgan fingerprint density at radius 2 is 1.65 bits per heavy atom. The summed E-state index contributed by atoms with van der Waals surface area (Å²) < 4.78 is 24.1. The number of carboxylic acids is 1. The summed E-state index contributed by atoms with van der Waals surface area (Å²) in [7, 11) is -0.181. The molecular formula is C34H51BO8. The Morgan fingerprint density at radius 1 is 0.953 bits per heavy atom. The lowest BCUT2D eigenvalue weighted by Crippen LogP contribution is -2.37. The van der Waals surface area contributed by atoms with Crippen molar-refractivity contribution in [3.05, 3.63) is 48.0 Å². The van der Waals surface area contributed by atoms with Crippen LogP contribution < -0.4 is 0 Å². The van der Waals surface area contributed by atoms with Gasteiger partial charge in [0.05, 0.1) is 18.9 Å². The Balaban J connectivity index is 1.67. The normalized spacial score (nSPS) is 23.0. The maximum Gasteiger partial charge on any atom is 0.457 e. The van der Waals surface area contributed by atoms with E-state index >= 15 is 0 Å². The lowest BCUT2D eigenvalue weighted by Gasteiger charge is -2.29. The molecule has 2 bridgehead atoms. The summed E-state index contributed by atoms with van der Waals surface area (Å²) >= 11 is 0. The van der Waals surface area contributed by atoms with E-state index in [1.165, 1.54) is 0 Å². The van der Waals surface area contributed by atoms with E-state index in [4.69, 9.17) is 23.9 Å². The smallest absolute Gasteiger partial charge is 0.457 e. The first kappa shape index (κ1) is 34.8. The number of unbranched alkanes of at least 4 members (excludes halogenated alkanes) is 2. The number of ether oxygens (including phenoxy) is 2. The minimum atomic E-state index is -1.01. The van der Waals surface area contributed by atoms with E-state index in [-0.39, 0.29) is 68.1 Å². The average Bonchev–Trinajstić information content (AvgIpc) is 3.22. The summed E-state index contributed by atoms with van der Waals surface area (Å²) in [6, 6.07) is 10.00. The molecule has 3 rings (SSSR count). The van der Waals surface area contributed by atoms with Gasteiger partial charge in [0, 0.05) is 24.5 Å². The van der Waals surface area contributed by atoms with Crippen LogP contribution in [0.5, 0.6) is 0 Å². The van der Waals surface area contributed by atoms with Crippen LogP contribution in [0.2, 0.25) is 6.32 Å². The van der Waals surface area contributed by atoms with Gasteiger partial charge in [-0.3, -0.25) is 14.4 Å². The van der Waals surface area contributed by atoms with Crippen molar-refractivity contribution in [1.29, 1.82) is 0 Å². The minimum Gasteiger partial charge on any atom is -0.481 e. The van der Waals surface area contributed by atoms with Crippen molar-refractivity contribution in [1.82, 2.24) is 0 Å². The number of hydrogen-bond acceptors (Lipinski definition) is 7. The molecule has 1 aromatic carbocycles. The maximum absolute atomic E-state index is 12.6. The minimum absolute atomic E-state index is 0.0361. The molecule has 2 aliphatic rings. The first-order valence-electron chi connectivity index (χ1n) is 16.3. The molecule has 1 N–H and O–H groups in total. The van der Waals surface area contributed by atoms with E-state index in [0.717, 1.165) is 56.8 Å². The number of esters is 2. The number of benzene rings is 1. The Kier molecular flexibility index (Phi) is 14.8. The summed E-state index contributed by atoms with van der Waals surface area (Å²) in [5.41, 5.74) is 1.08. The van der Waals surface area contributed by atoms with Crippen molar-refractivity contribution in [2.75, 3.05) is 0 Å². The number of hydrogen-bond donors (Lipinski definition) is 1. The molecule has 2 fully saturated rings. The summed E-state index contributed by atoms with van der Waals surface area (Å²) in [6.45, 7) is 7.95. The largest absolute Gasteiger partial charge is 0.481 e. The van der Waals surface area contributed by atoms with E-state index < -0.39 is 11.9 Å². The average molecular weight is 599 g/mol. The topological polar surface area (TPSA) is 108 Å². The van der Waals surface area contributed by atoms with Crippen LogP contribution in [-0.2, 0) is 33.2 Å². The molecule has 1 saturated heterocycles. The van der Waals surface area contributed by atoms with Crippen LogP contribution >= 0.6 is 0 Å². The van der Waals surface area contributed by atoms with E-state index in [0.29, 0.717) is 12.8 Å². The number of allylic oxidation sites excluding steroid dienone is 2. The molecule has 9 heteroatoms. The highest BCUT2D eigenvalue weighted by Crippen LogP contribution is 2.46. The predicted molar refractivity (Wildman–Crippen MR) is 166 cm³/mol. The number of fused-ring (bicyclic) bond motifs is 2. The van der Waals surface area contributed by atoms with Gasteiger partial charge in [-0.2, -0.15) is 0 Å². The standard InChI is InChI=1S/C34H51BO8/c1-5-6-22-35-42-30-23-31(43-35)28(27(30)16-12-7-8-13-17-33(38)40-24(2)3)18-19-29(41-34(39)21-20-32(36)37)25(4)26-14-10-9-11-15-26/h7,9-12,14-15,24-25,27-31H,5-6,8,13,16-23H2,1-4H3,(H,36,37)/b12-7-/t25?,27-,28-,29-,30-,31+/m1/s1. The first-order valence-corrected chi connectivity index (χ1v) is 16.3. The van der Waals surface area contributed by atoms with E-state index in [9.17, 15) is 14.4 Å². The van der Waals surface area contributed by atoms with Crippen LogP contribution in [0.4, 0.5) is 0 Å². The number of aliphatic carboxylic acids is 1. The molecule has 1 aliphatic heterocycles. The van der Waals surface area contributed by atoms with Gasteiger partial charge in [-0.05, 0) is 76.1 Å². The number of rotatable bonds is 19. The lowest BCUT2D eigenvalue weighted by molar-refractivity contribution is -0.153. The van der Waals surface area contributed by atoms with Gasteiger partial charge in [0.1, 0.15) is 6.10 Å². The zero-order valence-electron chi connectivity index (χ0n) is 26.5. The molecule has 1 heterocycles. The Bertz CT molecular complexity index is 1030. The molecular weight excluding hydrogens is 547 g/mol. The summed E-state index contributed by atoms with van der Waals surface area (Å²) in [5, 5.41) is 9.04. The van der Waals surface area contributed by atoms with Crippen LogP contribution in [0.25, 0.3) is 0 Å². The lowest BCUT2D eigenvalue weighted by atomic mass is 9.80. The fraction of sp³-hybridized carbons (Fsp3) is 0.676. The molecule has 8 nitrogen and oxygen atoms in total. The fourth-order valence-corrected chi connectivity index (χ4v) is 6.33. The van der Waals surface area contributed by atoms with Crippen LogP contribution in [0.3, 0.4) is 0 Å². The van der Waals surface area contributed by atoms with E-state index in [1.54, 1.807) is 0 Å². The quantitative estimate of drug-likeness (QED) is 0.0776. The zero-order chi connectivity index (χ0) is 31.2. The molecule has 43 heavy (non-hydrogen) atoms. The second-order valence-corrected chi connectivity index (χ2v) is 12.3. The van der Waals surface area contributed by atoms with Crippen molar-refractivity contribution in [3.63, 3.8) is 0 Å².